The van der Waals surface area contributed by atoms with Crippen molar-refractivity contribution in [3.05, 3.63) is 83.4 Å². The molecule has 4 heteroatoms. The summed E-state index contributed by atoms with van der Waals surface area (Å²) in [6.07, 6.45) is 3.57. The van der Waals surface area contributed by atoms with Crippen molar-refractivity contribution in [1.82, 2.24) is 10.2 Å². The van der Waals surface area contributed by atoms with E-state index in [1.54, 1.807) is 4.90 Å². The van der Waals surface area contributed by atoms with Gasteiger partial charge in [-0.2, -0.15) is 0 Å². The van der Waals surface area contributed by atoms with Gasteiger partial charge in [-0.15, -0.1) is 0 Å². The summed E-state index contributed by atoms with van der Waals surface area (Å²) in [5.41, 5.74) is 3.37. The summed E-state index contributed by atoms with van der Waals surface area (Å²) >= 11 is 0. The number of amides is 2. The van der Waals surface area contributed by atoms with Crippen molar-refractivity contribution >= 4 is 22.6 Å². The van der Waals surface area contributed by atoms with E-state index in [1.165, 1.54) is 10.8 Å². The number of rotatable bonds is 11. The fraction of sp³-hybridized carbons (Fsp3) is 0.379. The van der Waals surface area contributed by atoms with Crippen LogP contribution in [0.15, 0.2) is 66.7 Å². The van der Waals surface area contributed by atoms with E-state index >= 15 is 0 Å². The minimum Gasteiger partial charge on any atom is -0.354 e. The number of unbranched alkanes of at least 4 members (excludes halogenated alkanes) is 1. The van der Waals surface area contributed by atoms with Crippen LogP contribution in [0.1, 0.15) is 56.2 Å². The van der Waals surface area contributed by atoms with Crippen LogP contribution in [-0.4, -0.2) is 29.3 Å². The molecule has 33 heavy (non-hydrogen) atoms. The normalized spacial score (nSPS) is 11.8. The first-order chi connectivity index (χ1) is 16.0. The molecule has 3 rings (SSSR count). The third kappa shape index (κ3) is 6.44. The Morgan fingerprint density at radius 3 is 2.36 bits per heavy atom. The quantitative estimate of drug-likeness (QED) is 0.380. The molecule has 0 saturated carbocycles. The minimum absolute atomic E-state index is 0.0173. The highest BCUT2D eigenvalue weighted by Gasteiger charge is 2.28. The predicted octanol–water partition coefficient (Wildman–Crippen LogP) is 5.80. The van der Waals surface area contributed by atoms with Crippen LogP contribution in [0.3, 0.4) is 0 Å². The molecule has 1 atom stereocenters. The highest BCUT2D eigenvalue weighted by Crippen LogP contribution is 2.22. The molecule has 174 valence electrons. The van der Waals surface area contributed by atoms with Crippen LogP contribution in [0.5, 0.6) is 0 Å². The second kappa shape index (κ2) is 12.2. The van der Waals surface area contributed by atoms with Gasteiger partial charge in [0.15, 0.2) is 0 Å². The van der Waals surface area contributed by atoms with Gasteiger partial charge in [-0.3, -0.25) is 9.59 Å². The zero-order chi connectivity index (χ0) is 23.6. The van der Waals surface area contributed by atoms with Crippen LogP contribution in [0.4, 0.5) is 0 Å². The van der Waals surface area contributed by atoms with Crippen molar-refractivity contribution < 1.29 is 9.59 Å². The summed E-state index contributed by atoms with van der Waals surface area (Å²) in [5, 5.41) is 5.40. The number of nitrogens with one attached hydrogen (secondary N) is 1. The Bertz CT molecular complexity index is 1070. The van der Waals surface area contributed by atoms with E-state index < -0.39 is 6.04 Å². The Balaban J connectivity index is 1.81. The second-order valence-corrected chi connectivity index (χ2v) is 8.66. The average Bonchev–Trinajstić information content (AvgIpc) is 2.83. The molecule has 3 aromatic rings. The lowest BCUT2D eigenvalue weighted by atomic mass is 10.00. The molecule has 4 nitrogen and oxygen atoms in total. The smallest absolute Gasteiger partial charge is 0.242 e. The molecule has 0 aliphatic heterocycles. The zero-order valence-corrected chi connectivity index (χ0v) is 20.1. The van der Waals surface area contributed by atoms with Gasteiger partial charge in [0.1, 0.15) is 6.04 Å². The fourth-order valence-corrected chi connectivity index (χ4v) is 4.29. The molecular weight excluding hydrogens is 408 g/mol. The molecule has 3 aromatic carbocycles. The Hall–Kier alpha value is -3.14. The molecule has 0 fully saturated rings. The zero-order valence-electron chi connectivity index (χ0n) is 20.1. The largest absolute Gasteiger partial charge is 0.354 e. The number of benzene rings is 3. The van der Waals surface area contributed by atoms with E-state index in [0.29, 0.717) is 32.4 Å². The lowest BCUT2D eigenvalue weighted by molar-refractivity contribution is -0.141. The van der Waals surface area contributed by atoms with Gasteiger partial charge in [-0.25, -0.2) is 0 Å². The van der Waals surface area contributed by atoms with Gasteiger partial charge < -0.3 is 10.2 Å². The Kier molecular flexibility index (Phi) is 9.05. The standard InChI is InChI=1S/C29H36N2O2/c1-4-6-20-30-29(33)27(5-2)31(21-25-14-8-7-12-22(25)3)28(32)19-18-24-16-11-15-23-13-9-10-17-26(23)24/h7-17,27H,4-6,18-21H2,1-3H3,(H,30,33)/t27-/m0/s1. The van der Waals surface area contributed by atoms with Crippen molar-refractivity contribution in [2.75, 3.05) is 6.54 Å². The highest BCUT2D eigenvalue weighted by molar-refractivity contribution is 5.89. The van der Waals surface area contributed by atoms with Crippen LogP contribution in [0.25, 0.3) is 10.8 Å². The topological polar surface area (TPSA) is 49.4 Å². The van der Waals surface area contributed by atoms with Crippen LogP contribution >= 0.6 is 0 Å². The average molecular weight is 445 g/mol. The lowest BCUT2D eigenvalue weighted by Gasteiger charge is -2.31. The second-order valence-electron chi connectivity index (χ2n) is 8.66. The molecule has 0 unspecified atom stereocenters. The van der Waals surface area contributed by atoms with E-state index in [9.17, 15) is 9.59 Å². The van der Waals surface area contributed by atoms with Gasteiger partial charge in [0, 0.05) is 19.5 Å². The van der Waals surface area contributed by atoms with Gasteiger partial charge in [-0.1, -0.05) is 87.0 Å². The van der Waals surface area contributed by atoms with Crippen molar-refractivity contribution in [2.24, 2.45) is 0 Å². The van der Waals surface area contributed by atoms with Gasteiger partial charge >= 0.3 is 0 Å². The maximum Gasteiger partial charge on any atom is 0.242 e. The Morgan fingerprint density at radius 2 is 1.61 bits per heavy atom. The number of carbonyl (C=O) groups is 2. The molecule has 0 aromatic heterocycles. The molecule has 0 bridgehead atoms. The van der Waals surface area contributed by atoms with Gasteiger partial charge in [0.05, 0.1) is 0 Å². The van der Waals surface area contributed by atoms with E-state index in [-0.39, 0.29) is 11.8 Å². The Labute approximate surface area is 198 Å². The van der Waals surface area contributed by atoms with Crippen molar-refractivity contribution in [1.29, 1.82) is 0 Å². The molecule has 1 N–H and O–H groups in total. The first-order valence-electron chi connectivity index (χ1n) is 12.1. The maximum atomic E-state index is 13.5. The maximum absolute atomic E-state index is 13.5. The number of hydrogen-bond donors (Lipinski definition) is 1. The minimum atomic E-state index is -0.471. The van der Waals surface area contributed by atoms with Gasteiger partial charge in [0.25, 0.3) is 0 Å². The summed E-state index contributed by atoms with van der Waals surface area (Å²) in [5.74, 6) is -0.0401. The van der Waals surface area contributed by atoms with E-state index in [4.69, 9.17) is 0 Å². The molecule has 0 spiro atoms. The van der Waals surface area contributed by atoms with Crippen molar-refractivity contribution in [2.45, 2.75) is 65.5 Å². The fourth-order valence-electron chi connectivity index (χ4n) is 4.29. The van der Waals surface area contributed by atoms with Crippen LogP contribution in [-0.2, 0) is 22.6 Å². The first-order valence-corrected chi connectivity index (χ1v) is 12.1. The number of nitrogens with zero attached hydrogens (tertiary/aromatic N) is 1. The lowest BCUT2D eigenvalue weighted by Crippen LogP contribution is -2.49. The molecule has 0 saturated heterocycles. The predicted molar refractivity (Wildman–Crippen MR) is 136 cm³/mol. The van der Waals surface area contributed by atoms with Crippen molar-refractivity contribution in [3.63, 3.8) is 0 Å². The summed E-state index contributed by atoms with van der Waals surface area (Å²) < 4.78 is 0. The van der Waals surface area contributed by atoms with E-state index in [2.05, 4.69) is 49.5 Å². The molecule has 0 radical (unpaired) electrons. The molecule has 2 amide bonds. The molecular formula is C29H36N2O2. The van der Waals surface area contributed by atoms with Crippen LogP contribution < -0.4 is 5.32 Å². The molecule has 0 heterocycles. The number of hydrogen-bond acceptors (Lipinski definition) is 2. The third-order valence-electron chi connectivity index (χ3n) is 6.31. The van der Waals surface area contributed by atoms with Gasteiger partial charge in [0.2, 0.25) is 11.8 Å². The Morgan fingerprint density at radius 1 is 0.909 bits per heavy atom. The van der Waals surface area contributed by atoms with Gasteiger partial charge in [-0.05, 0) is 53.6 Å². The summed E-state index contributed by atoms with van der Waals surface area (Å²) in [4.78, 5) is 28.3. The molecule has 0 aliphatic rings. The SMILES string of the molecule is CCCCNC(=O)[C@H](CC)N(Cc1ccccc1C)C(=O)CCc1cccc2ccccc12. The highest BCUT2D eigenvalue weighted by atomic mass is 16.2. The molecule has 0 aliphatic carbocycles. The third-order valence-corrected chi connectivity index (χ3v) is 6.31. The van der Waals surface area contributed by atoms with E-state index in [0.717, 1.165) is 29.5 Å². The number of carbonyl (C=O) groups excluding carboxylic acids is 2. The number of aryl methyl sites for hydroxylation is 2. The van der Waals surface area contributed by atoms with Crippen LogP contribution in [0, 0.1) is 6.92 Å². The monoisotopic (exact) mass is 444 g/mol. The van der Waals surface area contributed by atoms with Crippen LogP contribution in [0.2, 0.25) is 0 Å². The number of fused-ring (bicyclic) bond motifs is 1. The summed E-state index contributed by atoms with van der Waals surface area (Å²) in [7, 11) is 0. The van der Waals surface area contributed by atoms with E-state index in [1.807, 2.05) is 43.3 Å². The first kappa shape index (κ1) is 24.5. The summed E-state index contributed by atoms with van der Waals surface area (Å²) in [6.45, 7) is 7.23. The summed E-state index contributed by atoms with van der Waals surface area (Å²) in [6, 6.07) is 22.1. The van der Waals surface area contributed by atoms with Crippen molar-refractivity contribution in [3.8, 4) is 0 Å².